The highest BCUT2D eigenvalue weighted by molar-refractivity contribution is 7.89. The molecule has 7 heteroatoms. The number of likely N-dealkylation sites (N-methyl/N-ethyl adjacent to an activating group) is 1. The molecule has 0 amide bonds. The number of sulfonamides is 1. The van der Waals surface area contributed by atoms with Crippen molar-refractivity contribution < 1.29 is 22.7 Å². The lowest BCUT2D eigenvalue weighted by Crippen LogP contribution is -2.34. The molecule has 1 aromatic carbocycles. The predicted octanol–water partition coefficient (Wildman–Crippen LogP) is 1.43. The van der Waals surface area contributed by atoms with Gasteiger partial charge in [-0.3, -0.25) is 0 Å². The van der Waals surface area contributed by atoms with Crippen LogP contribution in [0.25, 0.3) is 0 Å². The van der Waals surface area contributed by atoms with Gasteiger partial charge in [0.2, 0.25) is 10.0 Å². The van der Waals surface area contributed by atoms with Crippen molar-refractivity contribution in [2.75, 3.05) is 20.2 Å². The van der Waals surface area contributed by atoms with Gasteiger partial charge >= 0.3 is 0 Å². The Balaban J connectivity index is 2.31. The SMILES string of the molecule is Cc1c(F)cc(CO)cc1S(=O)(=O)N(C)CC1CCCO1. The molecule has 21 heavy (non-hydrogen) atoms. The van der Waals surface area contributed by atoms with Gasteiger partial charge in [-0.05, 0) is 37.5 Å². The molecule has 118 valence electrons. The second kappa shape index (κ2) is 6.39. The largest absolute Gasteiger partial charge is 0.392 e. The molecule has 0 saturated carbocycles. The van der Waals surface area contributed by atoms with E-state index >= 15 is 0 Å². The molecule has 1 fully saturated rings. The highest BCUT2D eigenvalue weighted by Crippen LogP contribution is 2.24. The molecule has 2 rings (SSSR count). The number of aliphatic hydroxyl groups is 1. The highest BCUT2D eigenvalue weighted by Gasteiger charge is 2.28. The normalized spacial score (nSPS) is 19.4. The van der Waals surface area contributed by atoms with Crippen LogP contribution in [0.4, 0.5) is 4.39 Å². The van der Waals surface area contributed by atoms with E-state index < -0.39 is 22.4 Å². The zero-order valence-corrected chi connectivity index (χ0v) is 13.0. The number of halogens is 1. The third-order valence-electron chi connectivity index (χ3n) is 3.71. The van der Waals surface area contributed by atoms with Crippen LogP contribution in [-0.4, -0.2) is 44.1 Å². The number of hydrogen-bond acceptors (Lipinski definition) is 4. The van der Waals surface area contributed by atoms with Crippen LogP contribution in [0.15, 0.2) is 17.0 Å². The van der Waals surface area contributed by atoms with Crippen molar-refractivity contribution in [2.45, 2.75) is 37.4 Å². The Labute approximate surface area is 124 Å². The smallest absolute Gasteiger partial charge is 0.243 e. The monoisotopic (exact) mass is 317 g/mol. The summed E-state index contributed by atoms with van der Waals surface area (Å²) < 4.78 is 45.6. The molecule has 1 unspecified atom stereocenters. The molecule has 0 aliphatic carbocycles. The van der Waals surface area contributed by atoms with E-state index in [0.29, 0.717) is 6.61 Å². The summed E-state index contributed by atoms with van der Waals surface area (Å²) in [5.74, 6) is -0.634. The van der Waals surface area contributed by atoms with Gasteiger partial charge < -0.3 is 9.84 Å². The van der Waals surface area contributed by atoms with Crippen LogP contribution in [0.2, 0.25) is 0 Å². The molecule has 1 N–H and O–H groups in total. The lowest BCUT2D eigenvalue weighted by Gasteiger charge is -2.22. The Morgan fingerprint density at radius 2 is 2.19 bits per heavy atom. The third kappa shape index (κ3) is 3.42. The molecule has 1 aromatic rings. The molecule has 0 radical (unpaired) electrons. The predicted molar refractivity (Wildman–Crippen MR) is 75.8 cm³/mol. The van der Waals surface area contributed by atoms with Crippen LogP contribution >= 0.6 is 0 Å². The van der Waals surface area contributed by atoms with Crippen molar-refractivity contribution in [1.29, 1.82) is 0 Å². The standard InChI is InChI=1S/C14H20FNO4S/c1-10-13(15)6-11(9-17)7-14(10)21(18,19)16(2)8-12-4-3-5-20-12/h6-7,12,17H,3-5,8-9H2,1-2H3. The van der Waals surface area contributed by atoms with Crippen LogP contribution in [0.1, 0.15) is 24.0 Å². The molecule has 1 aliphatic rings. The summed E-state index contributed by atoms with van der Waals surface area (Å²) in [5.41, 5.74) is 0.300. The van der Waals surface area contributed by atoms with Gasteiger partial charge in [-0.1, -0.05) is 0 Å². The van der Waals surface area contributed by atoms with Crippen LogP contribution < -0.4 is 0 Å². The van der Waals surface area contributed by atoms with Gasteiger partial charge in [0.1, 0.15) is 5.82 Å². The van der Waals surface area contributed by atoms with Crippen molar-refractivity contribution in [3.05, 3.63) is 29.1 Å². The van der Waals surface area contributed by atoms with E-state index in [4.69, 9.17) is 9.84 Å². The van der Waals surface area contributed by atoms with Crippen LogP contribution in [-0.2, 0) is 21.4 Å². The van der Waals surface area contributed by atoms with Crippen LogP contribution in [0.3, 0.4) is 0 Å². The summed E-state index contributed by atoms with van der Waals surface area (Å²) in [6.07, 6.45) is 1.63. The minimum absolute atomic E-state index is 0.0615. The summed E-state index contributed by atoms with van der Waals surface area (Å²) in [5, 5.41) is 9.12. The van der Waals surface area contributed by atoms with Crippen molar-refractivity contribution in [3.63, 3.8) is 0 Å². The molecule has 1 heterocycles. The van der Waals surface area contributed by atoms with Crippen LogP contribution in [0, 0.1) is 12.7 Å². The summed E-state index contributed by atoms with van der Waals surface area (Å²) in [6, 6.07) is 2.47. The summed E-state index contributed by atoms with van der Waals surface area (Å²) >= 11 is 0. The number of rotatable bonds is 5. The average molecular weight is 317 g/mol. The van der Waals surface area contributed by atoms with Gasteiger partial charge in [0, 0.05) is 25.8 Å². The van der Waals surface area contributed by atoms with Gasteiger partial charge in [-0.25, -0.2) is 12.8 Å². The first-order valence-corrected chi connectivity index (χ1v) is 8.28. The minimum atomic E-state index is -3.81. The molecule has 0 spiro atoms. The van der Waals surface area contributed by atoms with E-state index in [1.807, 2.05) is 0 Å². The Morgan fingerprint density at radius 3 is 2.76 bits per heavy atom. The van der Waals surface area contributed by atoms with Gasteiger partial charge in [0.05, 0.1) is 17.6 Å². The van der Waals surface area contributed by atoms with Gasteiger partial charge in [0.25, 0.3) is 0 Å². The van der Waals surface area contributed by atoms with E-state index in [0.717, 1.165) is 18.9 Å². The Kier molecular flexibility index (Phi) is 4.98. The van der Waals surface area contributed by atoms with E-state index in [2.05, 4.69) is 0 Å². The lowest BCUT2D eigenvalue weighted by molar-refractivity contribution is 0.0979. The fourth-order valence-electron chi connectivity index (χ4n) is 2.41. The number of hydrogen-bond donors (Lipinski definition) is 1. The summed E-state index contributed by atoms with van der Waals surface area (Å²) in [6.45, 7) is 1.90. The molecular formula is C14H20FNO4S. The highest BCUT2D eigenvalue weighted by atomic mass is 32.2. The van der Waals surface area contributed by atoms with E-state index in [1.165, 1.54) is 24.3 Å². The van der Waals surface area contributed by atoms with E-state index in [1.54, 1.807) is 0 Å². The summed E-state index contributed by atoms with van der Waals surface area (Å²) in [7, 11) is -2.35. The second-order valence-electron chi connectivity index (χ2n) is 5.28. The van der Waals surface area contributed by atoms with Gasteiger partial charge in [-0.2, -0.15) is 4.31 Å². The Morgan fingerprint density at radius 1 is 1.48 bits per heavy atom. The molecule has 1 atom stereocenters. The molecule has 1 saturated heterocycles. The zero-order valence-electron chi connectivity index (χ0n) is 12.2. The van der Waals surface area contributed by atoms with Crippen molar-refractivity contribution in [2.24, 2.45) is 0 Å². The topological polar surface area (TPSA) is 66.8 Å². The maximum atomic E-state index is 13.8. The molecule has 1 aliphatic heterocycles. The van der Waals surface area contributed by atoms with E-state index in [-0.39, 0.29) is 28.7 Å². The maximum Gasteiger partial charge on any atom is 0.243 e. The first-order chi connectivity index (χ1) is 9.86. The van der Waals surface area contributed by atoms with Gasteiger partial charge in [-0.15, -0.1) is 0 Å². The maximum absolute atomic E-state index is 13.8. The summed E-state index contributed by atoms with van der Waals surface area (Å²) in [4.78, 5) is -0.105. The number of benzene rings is 1. The second-order valence-corrected chi connectivity index (χ2v) is 7.29. The number of aliphatic hydroxyl groups excluding tert-OH is 1. The van der Waals surface area contributed by atoms with Crippen molar-refractivity contribution in [3.8, 4) is 0 Å². The number of ether oxygens (including phenoxy) is 1. The molecule has 5 nitrogen and oxygen atoms in total. The van der Waals surface area contributed by atoms with Gasteiger partial charge in [0.15, 0.2) is 0 Å². The van der Waals surface area contributed by atoms with Crippen molar-refractivity contribution >= 4 is 10.0 Å². The Bertz CT molecular complexity index is 612. The molecule has 0 bridgehead atoms. The fraction of sp³-hybridized carbons (Fsp3) is 0.571. The fourth-order valence-corrected chi connectivity index (χ4v) is 3.89. The quantitative estimate of drug-likeness (QED) is 0.892. The minimum Gasteiger partial charge on any atom is -0.392 e. The molecule has 0 aromatic heterocycles. The van der Waals surface area contributed by atoms with Crippen LogP contribution in [0.5, 0.6) is 0 Å². The Hall–Kier alpha value is -1.02. The molecular weight excluding hydrogens is 297 g/mol. The number of nitrogens with zero attached hydrogens (tertiary/aromatic N) is 1. The lowest BCUT2D eigenvalue weighted by atomic mass is 10.1. The zero-order chi connectivity index (χ0) is 15.6. The third-order valence-corrected chi connectivity index (χ3v) is 5.66. The van der Waals surface area contributed by atoms with E-state index in [9.17, 15) is 12.8 Å². The first-order valence-electron chi connectivity index (χ1n) is 6.84. The van der Waals surface area contributed by atoms with Crippen molar-refractivity contribution in [1.82, 2.24) is 4.31 Å². The average Bonchev–Trinajstić information content (AvgIpc) is 2.94. The first kappa shape index (κ1) is 16.4.